The number of hydrogen-bond donors (Lipinski definition) is 12. The smallest absolute Gasteiger partial charge is 0.220 e. The molecule has 0 aliphatic carbocycles. The van der Waals surface area contributed by atoms with Crippen molar-refractivity contribution in [3.63, 3.8) is 0 Å². The highest BCUT2D eigenvalue weighted by molar-refractivity contribution is 5.76. The normalized spacial score (nSPS) is 25.8. The van der Waals surface area contributed by atoms with Crippen LogP contribution < -0.4 is 5.32 Å². The molecule has 19 heteroatoms. The molecule has 0 aromatic heterocycles. The van der Waals surface area contributed by atoms with E-state index in [1.54, 1.807) is 6.08 Å². The summed E-state index contributed by atoms with van der Waals surface area (Å²) in [5.41, 5.74) is 0. The molecule has 0 bridgehead atoms. The fourth-order valence-electron chi connectivity index (χ4n) is 15.2. The summed E-state index contributed by atoms with van der Waals surface area (Å²) in [5, 5.41) is 121. The zero-order chi connectivity index (χ0) is 76.0. The van der Waals surface area contributed by atoms with Crippen LogP contribution in [0, 0.1) is 0 Å². The molecule has 0 saturated carbocycles. The Bertz CT molecular complexity index is 1990. The highest BCUT2D eigenvalue weighted by Crippen LogP contribution is 2.34. The Hall–Kier alpha value is -1.73. The van der Waals surface area contributed by atoms with Gasteiger partial charge in [-0.1, -0.05) is 372 Å². The van der Waals surface area contributed by atoms with Crippen LogP contribution in [0.4, 0.5) is 0 Å². The van der Waals surface area contributed by atoms with E-state index in [0.717, 1.165) is 38.5 Å². The molecule has 3 heterocycles. The topological polar surface area (TPSA) is 307 Å². The van der Waals surface area contributed by atoms with E-state index in [2.05, 4.69) is 31.3 Å². The molecule has 17 atom stereocenters. The maximum absolute atomic E-state index is 13.5. The number of nitrogens with one attached hydrogen (secondary N) is 1. The van der Waals surface area contributed by atoms with E-state index < -0.39 is 124 Å². The maximum atomic E-state index is 13.5. The number of allylic oxidation sites excluding steroid dienone is 3. The van der Waals surface area contributed by atoms with Gasteiger partial charge in [0, 0.05) is 6.42 Å². The van der Waals surface area contributed by atoms with E-state index in [1.165, 1.54) is 315 Å². The second-order valence-corrected chi connectivity index (χ2v) is 31.7. The van der Waals surface area contributed by atoms with Crippen molar-refractivity contribution in [3.05, 3.63) is 24.3 Å². The number of amides is 1. The van der Waals surface area contributed by atoms with E-state index in [4.69, 9.17) is 28.4 Å². The second-order valence-electron chi connectivity index (χ2n) is 31.7. The zero-order valence-corrected chi connectivity index (χ0v) is 66.7. The Balaban J connectivity index is 1.34. The number of hydrogen-bond acceptors (Lipinski definition) is 18. The summed E-state index contributed by atoms with van der Waals surface area (Å²) in [7, 11) is 0. The van der Waals surface area contributed by atoms with Gasteiger partial charge in [-0.3, -0.25) is 4.79 Å². The molecule has 1 amide bonds. The number of ether oxygens (including phenoxy) is 6. The van der Waals surface area contributed by atoms with Gasteiger partial charge in [0.25, 0.3) is 0 Å². The second kappa shape index (κ2) is 66.8. The highest BCUT2D eigenvalue weighted by atomic mass is 16.8. The molecule has 0 aromatic carbocycles. The molecular weight excluding hydrogens is 1330 g/mol. The van der Waals surface area contributed by atoms with Crippen molar-refractivity contribution in [2.75, 3.05) is 26.4 Å². The number of aliphatic hydroxyl groups excluding tert-OH is 11. The van der Waals surface area contributed by atoms with Crippen LogP contribution in [0.2, 0.25) is 0 Å². The molecule has 19 nitrogen and oxygen atoms in total. The molecule has 17 unspecified atom stereocenters. The summed E-state index contributed by atoms with van der Waals surface area (Å²) in [6, 6.07) is -0.989. The Labute approximate surface area is 638 Å². The first-order valence-electron chi connectivity index (χ1n) is 44.1. The third-order valence-electron chi connectivity index (χ3n) is 22.3. The van der Waals surface area contributed by atoms with Gasteiger partial charge in [0.1, 0.15) is 73.2 Å². The molecule has 12 N–H and O–H groups in total. The predicted molar refractivity (Wildman–Crippen MR) is 420 cm³/mol. The first-order chi connectivity index (χ1) is 51.3. The summed E-state index contributed by atoms with van der Waals surface area (Å²) in [6.45, 7) is 1.79. The average Bonchev–Trinajstić information content (AvgIpc) is 0.781. The van der Waals surface area contributed by atoms with Gasteiger partial charge in [0.15, 0.2) is 18.9 Å². The van der Waals surface area contributed by atoms with Gasteiger partial charge < -0.3 is 89.9 Å². The third-order valence-corrected chi connectivity index (χ3v) is 22.3. The minimum Gasteiger partial charge on any atom is -0.394 e. The molecule has 105 heavy (non-hydrogen) atoms. The van der Waals surface area contributed by atoms with E-state index in [-0.39, 0.29) is 18.9 Å². The van der Waals surface area contributed by atoms with Crippen molar-refractivity contribution in [2.45, 2.75) is 491 Å². The summed E-state index contributed by atoms with van der Waals surface area (Å²) in [6.07, 6.45) is 56.3. The van der Waals surface area contributed by atoms with Crippen molar-refractivity contribution >= 4 is 5.91 Å². The van der Waals surface area contributed by atoms with Crippen LogP contribution in [0.3, 0.4) is 0 Å². The Morgan fingerprint density at radius 2 is 0.610 bits per heavy atom. The minimum absolute atomic E-state index is 0.241. The molecule has 0 aromatic rings. The average molecular weight is 1500 g/mol. The van der Waals surface area contributed by atoms with E-state index in [1.807, 2.05) is 6.08 Å². The SMILES string of the molecule is CCCCCCCCCCCCCCCCCCCCCC/C=C/CC/C=C/C(O)C(COC1OC(CO)C(OC2OC(CO)C(OC3OC(CO)C(O)C(O)C3O)C(O)C2O)C(O)C1O)NC(=O)CCCCCCCCCCCCCCCCCCCCCCCCCCCCCCCCCCCC. The number of carbonyl (C=O) groups is 1. The van der Waals surface area contributed by atoms with E-state index in [0.29, 0.717) is 12.8 Å². The standard InChI is InChI=1S/C86H163NO18/c1-3-5-7-9-11-13-15-17-19-21-23-25-27-29-31-32-33-34-35-36-37-38-40-42-44-46-48-50-52-54-56-58-60-62-64-74(92)87-69(70(91)63-61-59-57-55-53-51-49-47-45-43-41-39-30-28-26-24-22-20-18-16-14-12-10-8-6-4-2)68-100-84-80(98)77(95)82(72(66-89)102-84)105-86-81(99)78(96)83(73(67-90)103-86)104-85-79(97)76(94)75(93)71(65-88)101-85/h53,55,61,63,69-73,75-86,88-91,93-99H,3-52,54,56-60,62,64-68H2,1-2H3,(H,87,92)/b55-53+,63-61+. The quantitative estimate of drug-likeness (QED) is 0.0199. The van der Waals surface area contributed by atoms with Crippen LogP contribution in [0.25, 0.3) is 0 Å². The molecule has 3 saturated heterocycles. The largest absolute Gasteiger partial charge is 0.394 e. The van der Waals surface area contributed by atoms with E-state index in [9.17, 15) is 61.0 Å². The number of rotatable bonds is 72. The summed E-state index contributed by atoms with van der Waals surface area (Å²) in [5.74, 6) is -0.276. The Kier molecular flexibility index (Phi) is 62.0. The Morgan fingerprint density at radius 3 is 0.952 bits per heavy atom. The van der Waals surface area contributed by atoms with Gasteiger partial charge in [-0.15, -0.1) is 0 Å². The van der Waals surface area contributed by atoms with Crippen LogP contribution in [-0.2, 0) is 33.2 Å². The van der Waals surface area contributed by atoms with Gasteiger partial charge in [0.05, 0.1) is 38.6 Å². The molecule has 0 radical (unpaired) electrons. The van der Waals surface area contributed by atoms with Crippen LogP contribution in [-0.4, -0.2) is 193 Å². The number of carbonyl (C=O) groups excluding carboxylic acids is 1. The lowest BCUT2D eigenvalue weighted by Crippen LogP contribution is -2.66. The monoisotopic (exact) mass is 1500 g/mol. The van der Waals surface area contributed by atoms with Crippen LogP contribution in [0.15, 0.2) is 24.3 Å². The van der Waals surface area contributed by atoms with Crippen LogP contribution in [0.1, 0.15) is 386 Å². The third kappa shape index (κ3) is 46.1. The number of aliphatic hydroxyl groups is 11. The minimum atomic E-state index is -1.98. The molecule has 0 spiro atoms. The molecule has 620 valence electrons. The summed E-state index contributed by atoms with van der Waals surface area (Å²) < 4.78 is 34.5. The van der Waals surface area contributed by atoms with Crippen molar-refractivity contribution in [3.8, 4) is 0 Å². The van der Waals surface area contributed by atoms with Gasteiger partial charge in [0.2, 0.25) is 5.91 Å². The van der Waals surface area contributed by atoms with Gasteiger partial charge in [-0.05, 0) is 32.1 Å². The molecule has 3 aliphatic rings. The fourth-order valence-corrected chi connectivity index (χ4v) is 15.2. The van der Waals surface area contributed by atoms with Crippen molar-refractivity contribution in [1.82, 2.24) is 5.32 Å². The molecule has 3 rings (SSSR count). The van der Waals surface area contributed by atoms with Gasteiger partial charge in [-0.2, -0.15) is 0 Å². The van der Waals surface area contributed by atoms with Gasteiger partial charge >= 0.3 is 0 Å². The van der Waals surface area contributed by atoms with Crippen molar-refractivity contribution < 1.29 is 89.4 Å². The predicted octanol–water partition coefficient (Wildman–Crippen LogP) is 16.1. The van der Waals surface area contributed by atoms with E-state index >= 15 is 0 Å². The lowest BCUT2D eigenvalue weighted by molar-refractivity contribution is -0.379. The molecule has 3 aliphatic heterocycles. The number of unbranched alkanes of at least 4 members (excludes halogenated alkanes) is 54. The molecule has 3 fully saturated rings. The van der Waals surface area contributed by atoms with Crippen molar-refractivity contribution in [1.29, 1.82) is 0 Å². The maximum Gasteiger partial charge on any atom is 0.220 e. The lowest BCUT2D eigenvalue weighted by atomic mass is 9.96. The fraction of sp³-hybridized carbons (Fsp3) is 0.942. The molecular formula is C86H163NO18. The van der Waals surface area contributed by atoms with Crippen molar-refractivity contribution in [2.24, 2.45) is 0 Å². The first kappa shape index (κ1) is 97.5. The summed E-state index contributed by atoms with van der Waals surface area (Å²) in [4.78, 5) is 13.5. The highest BCUT2D eigenvalue weighted by Gasteiger charge is 2.54. The zero-order valence-electron chi connectivity index (χ0n) is 66.7. The first-order valence-corrected chi connectivity index (χ1v) is 44.1. The Morgan fingerprint density at radius 1 is 0.333 bits per heavy atom. The van der Waals surface area contributed by atoms with Crippen LogP contribution >= 0.6 is 0 Å². The van der Waals surface area contributed by atoms with Gasteiger partial charge in [-0.25, -0.2) is 0 Å². The van der Waals surface area contributed by atoms with Crippen LogP contribution in [0.5, 0.6) is 0 Å². The lowest BCUT2D eigenvalue weighted by Gasteiger charge is -2.48. The summed E-state index contributed by atoms with van der Waals surface area (Å²) >= 11 is 0.